The lowest BCUT2D eigenvalue weighted by Gasteiger charge is -2.38. The van der Waals surface area contributed by atoms with E-state index in [1.807, 2.05) is 54.9 Å². The number of benzene rings is 2. The van der Waals surface area contributed by atoms with Crippen LogP contribution in [0.4, 0.5) is 4.39 Å². The second-order valence-electron chi connectivity index (χ2n) is 10.1. The fourth-order valence-electron chi connectivity index (χ4n) is 5.85. The zero-order valence-corrected chi connectivity index (χ0v) is 22.3. The molecule has 0 saturated carbocycles. The molecule has 0 unspecified atom stereocenters. The van der Waals surface area contributed by atoms with Crippen molar-refractivity contribution in [1.82, 2.24) is 34.4 Å². The van der Waals surface area contributed by atoms with Crippen LogP contribution >= 0.6 is 0 Å². The molecule has 200 valence electrons. The number of amides is 1. The number of imidazole rings is 1. The molecule has 5 aromatic rings. The first-order chi connectivity index (χ1) is 19.4. The number of carbonyl (C=O) groups is 1. The minimum atomic E-state index is -0.413. The Morgan fingerprint density at radius 1 is 1.25 bits per heavy atom. The number of pyridine rings is 1. The van der Waals surface area contributed by atoms with E-state index >= 15 is 4.39 Å². The Labute approximate surface area is 230 Å². The molecule has 4 heterocycles. The minimum absolute atomic E-state index is 0.156. The number of rotatable bonds is 5. The van der Waals surface area contributed by atoms with Gasteiger partial charge in [0, 0.05) is 35.9 Å². The van der Waals surface area contributed by atoms with Crippen LogP contribution in [0.1, 0.15) is 36.7 Å². The van der Waals surface area contributed by atoms with Crippen LogP contribution < -0.4 is 0 Å². The lowest BCUT2D eigenvalue weighted by atomic mass is 9.94. The van der Waals surface area contributed by atoms with Crippen LogP contribution in [0.25, 0.3) is 38.9 Å². The summed E-state index contributed by atoms with van der Waals surface area (Å²) in [6.45, 7) is 7.80. The van der Waals surface area contributed by atoms with Crippen molar-refractivity contribution < 1.29 is 9.18 Å². The molecule has 0 N–H and O–H groups in total. The summed E-state index contributed by atoms with van der Waals surface area (Å²) in [6, 6.07) is 13.1. The third kappa shape index (κ3) is 4.02. The highest BCUT2D eigenvalue weighted by atomic mass is 19.1. The number of likely N-dealkylation sites (tertiary alicyclic amines) is 1. The van der Waals surface area contributed by atoms with E-state index in [0.717, 1.165) is 11.1 Å². The van der Waals surface area contributed by atoms with Gasteiger partial charge >= 0.3 is 0 Å². The van der Waals surface area contributed by atoms with Crippen molar-refractivity contribution >= 4 is 27.8 Å². The molecule has 0 aliphatic carbocycles. The van der Waals surface area contributed by atoms with E-state index in [4.69, 9.17) is 4.98 Å². The Balaban J connectivity index is 1.60. The van der Waals surface area contributed by atoms with Crippen molar-refractivity contribution in [1.29, 1.82) is 5.26 Å². The Morgan fingerprint density at radius 3 is 2.75 bits per heavy atom. The summed E-state index contributed by atoms with van der Waals surface area (Å²) in [7, 11) is 0. The molecular formula is C30H27FN8O. The van der Waals surface area contributed by atoms with E-state index in [9.17, 15) is 10.1 Å². The van der Waals surface area contributed by atoms with Gasteiger partial charge in [-0.1, -0.05) is 42.1 Å². The standard InChI is InChI=1S/C30H27FN8O/c1-4-24(40)38-14-11-22(17-21(38)10-12-32)39-29-23-16-18(2)25(20-8-6-5-7-9-20)26(31)27(23)34-30(28(29)35-36-39)37-15-13-33-19(37)3/h4-9,13,15-16,21-22H,1,10-11,14,17H2,2-3H3/t21-,22+/m1/s1. The summed E-state index contributed by atoms with van der Waals surface area (Å²) >= 11 is 0. The number of aromatic nitrogens is 6. The fraction of sp³-hybridized carbons (Fsp3) is 0.267. The molecule has 2 aromatic carbocycles. The number of fused-ring (bicyclic) bond motifs is 3. The van der Waals surface area contributed by atoms with Gasteiger partial charge in [0.25, 0.3) is 0 Å². The number of piperidine rings is 1. The molecule has 10 heteroatoms. The van der Waals surface area contributed by atoms with Gasteiger partial charge in [0.15, 0.2) is 17.2 Å². The monoisotopic (exact) mass is 534 g/mol. The Hall–Kier alpha value is -4.91. The smallest absolute Gasteiger partial charge is 0.246 e. The predicted molar refractivity (Wildman–Crippen MR) is 149 cm³/mol. The fourth-order valence-corrected chi connectivity index (χ4v) is 5.85. The van der Waals surface area contributed by atoms with Gasteiger partial charge in [0.1, 0.15) is 16.9 Å². The summed E-state index contributed by atoms with van der Waals surface area (Å²) < 4.78 is 20.1. The number of aryl methyl sites for hydroxylation is 2. The quantitative estimate of drug-likeness (QED) is 0.286. The van der Waals surface area contributed by atoms with Crippen LogP contribution in [0.3, 0.4) is 0 Å². The van der Waals surface area contributed by atoms with Crippen LogP contribution in [0, 0.1) is 31.0 Å². The number of halogens is 1. The van der Waals surface area contributed by atoms with Crippen LogP contribution in [-0.2, 0) is 4.79 Å². The van der Waals surface area contributed by atoms with Crippen LogP contribution in [-0.4, -0.2) is 52.9 Å². The molecule has 1 saturated heterocycles. The molecule has 2 atom stereocenters. The summed E-state index contributed by atoms with van der Waals surface area (Å²) in [5, 5.41) is 19.2. The van der Waals surface area contributed by atoms with E-state index in [1.165, 1.54) is 6.08 Å². The molecule has 0 spiro atoms. The Morgan fingerprint density at radius 2 is 2.05 bits per heavy atom. The van der Waals surface area contributed by atoms with Crippen molar-refractivity contribution in [3.8, 4) is 23.0 Å². The molecule has 6 rings (SSSR count). The van der Waals surface area contributed by atoms with Crippen LogP contribution in [0.5, 0.6) is 0 Å². The second kappa shape index (κ2) is 10.0. The van der Waals surface area contributed by atoms with E-state index in [1.54, 1.807) is 21.9 Å². The molecule has 1 aliphatic heterocycles. The highest BCUT2D eigenvalue weighted by Gasteiger charge is 2.34. The lowest BCUT2D eigenvalue weighted by Crippen LogP contribution is -2.45. The van der Waals surface area contributed by atoms with Gasteiger partial charge < -0.3 is 4.90 Å². The van der Waals surface area contributed by atoms with Crippen molar-refractivity contribution in [3.63, 3.8) is 0 Å². The van der Waals surface area contributed by atoms with E-state index < -0.39 is 5.82 Å². The van der Waals surface area contributed by atoms with Gasteiger partial charge in [-0.25, -0.2) is 19.0 Å². The number of nitriles is 1. The van der Waals surface area contributed by atoms with Crippen LogP contribution in [0.2, 0.25) is 0 Å². The summed E-state index contributed by atoms with van der Waals surface area (Å²) in [5.74, 6) is 0.520. The maximum absolute atomic E-state index is 16.5. The van der Waals surface area contributed by atoms with Crippen molar-refractivity contribution in [2.24, 2.45) is 0 Å². The van der Waals surface area contributed by atoms with Crippen LogP contribution in [0.15, 0.2) is 61.4 Å². The summed E-state index contributed by atoms with van der Waals surface area (Å²) in [6.07, 6.45) is 6.03. The van der Waals surface area contributed by atoms with Gasteiger partial charge in [0.2, 0.25) is 5.91 Å². The van der Waals surface area contributed by atoms with Crippen molar-refractivity contribution in [3.05, 3.63) is 78.7 Å². The molecule has 1 fully saturated rings. The number of nitrogens with zero attached hydrogens (tertiary/aromatic N) is 8. The number of hydrogen-bond donors (Lipinski definition) is 0. The first-order valence-corrected chi connectivity index (χ1v) is 13.2. The largest absolute Gasteiger partial charge is 0.335 e. The van der Waals surface area contributed by atoms with Gasteiger partial charge in [-0.3, -0.25) is 9.36 Å². The van der Waals surface area contributed by atoms with E-state index in [-0.39, 0.29) is 29.9 Å². The molecule has 0 bridgehead atoms. The number of carbonyl (C=O) groups excluding carboxylic acids is 1. The maximum Gasteiger partial charge on any atom is 0.246 e. The first-order valence-electron chi connectivity index (χ1n) is 13.2. The molecule has 3 aromatic heterocycles. The molecule has 9 nitrogen and oxygen atoms in total. The molecular weight excluding hydrogens is 507 g/mol. The SMILES string of the molecule is C=CC(=O)N1CC[C@H](n2nnc3c(-n4ccnc4C)nc4c(F)c(-c5ccccc5)c(C)cc4c32)C[C@H]1CC#N. The average Bonchev–Trinajstić information content (AvgIpc) is 3.60. The molecule has 1 amide bonds. The van der Waals surface area contributed by atoms with Gasteiger partial charge in [-0.15, -0.1) is 5.10 Å². The van der Waals surface area contributed by atoms with Gasteiger partial charge in [0.05, 0.1) is 18.5 Å². The van der Waals surface area contributed by atoms with Gasteiger partial charge in [-0.05, 0) is 50.0 Å². The summed E-state index contributed by atoms with van der Waals surface area (Å²) in [4.78, 5) is 23.3. The molecule has 0 radical (unpaired) electrons. The minimum Gasteiger partial charge on any atom is -0.335 e. The van der Waals surface area contributed by atoms with Gasteiger partial charge in [-0.2, -0.15) is 5.26 Å². The molecule has 1 aliphatic rings. The average molecular weight is 535 g/mol. The second-order valence-corrected chi connectivity index (χ2v) is 10.1. The lowest BCUT2D eigenvalue weighted by molar-refractivity contribution is -0.130. The third-order valence-electron chi connectivity index (χ3n) is 7.75. The third-order valence-corrected chi connectivity index (χ3v) is 7.75. The van der Waals surface area contributed by atoms with E-state index in [2.05, 4.69) is 27.9 Å². The highest BCUT2D eigenvalue weighted by molar-refractivity contribution is 6.07. The van der Waals surface area contributed by atoms with Crippen molar-refractivity contribution in [2.75, 3.05) is 6.54 Å². The zero-order chi connectivity index (χ0) is 28.0. The summed E-state index contributed by atoms with van der Waals surface area (Å²) in [5.41, 5.74) is 3.45. The zero-order valence-electron chi connectivity index (χ0n) is 22.3. The maximum atomic E-state index is 16.5. The first kappa shape index (κ1) is 25.4. The van der Waals surface area contributed by atoms with Crippen molar-refractivity contribution in [2.45, 2.75) is 45.2 Å². The molecule has 40 heavy (non-hydrogen) atoms. The topological polar surface area (TPSA) is 106 Å². The Bertz CT molecular complexity index is 1820. The number of hydrogen-bond acceptors (Lipinski definition) is 6. The normalized spacial score (nSPS) is 17.3. The highest BCUT2D eigenvalue weighted by Crippen LogP contribution is 2.38. The van der Waals surface area contributed by atoms with E-state index in [0.29, 0.717) is 53.0 Å². The Kier molecular flexibility index (Phi) is 6.34. The predicted octanol–water partition coefficient (Wildman–Crippen LogP) is 5.22.